The molecular weight excluding hydrogens is 506 g/mol. The van der Waals surface area contributed by atoms with Crippen molar-refractivity contribution in [2.24, 2.45) is 0 Å². The molecule has 1 aromatic heterocycles. The van der Waals surface area contributed by atoms with Gasteiger partial charge in [0.1, 0.15) is 0 Å². The molecule has 2 aromatic carbocycles. The van der Waals surface area contributed by atoms with Crippen LogP contribution in [0.5, 0.6) is 0 Å². The largest absolute Gasteiger partial charge is 0.478 e. The highest BCUT2D eigenvalue weighted by atomic mass is 32.2. The van der Waals surface area contributed by atoms with Gasteiger partial charge in [-0.2, -0.15) is 4.31 Å². The molecule has 5 rings (SSSR count). The number of morpholine rings is 1. The van der Waals surface area contributed by atoms with E-state index in [0.717, 1.165) is 22.6 Å². The first-order valence-corrected chi connectivity index (χ1v) is 13.9. The molecule has 2 aliphatic rings. The topological polar surface area (TPSA) is 109 Å². The summed E-state index contributed by atoms with van der Waals surface area (Å²) in [6, 6.07) is 13.4. The number of hydrogen-bond acceptors (Lipinski definition) is 5. The number of carbonyl (C=O) groups excluding carboxylic acids is 1. The first kappa shape index (κ1) is 25.9. The molecule has 1 amide bonds. The minimum atomic E-state index is -3.73. The zero-order valence-electron chi connectivity index (χ0n) is 21.5. The van der Waals surface area contributed by atoms with Crippen molar-refractivity contribution >= 4 is 39.2 Å². The lowest BCUT2D eigenvalue weighted by atomic mass is 10.0. The van der Waals surface area contributed by atoms with Gasteiger partial charge >= 0.3 is 5.97 Å². The summed E-state index contributed by atoms with van der Waals surface area (Å²) in [4.78, 5) is 26.5. The maximum atomic E-state index is 13.5. The number of likely N-dealkylation sites (N-methyl/N-ethyl adjacent to an activating group) is 1. The Labute approximate surface area is 221 Å². The van der Waals surface area contributed by atoms with E-state index in [1.807, 2.05) is 37.5 Å². The van der Waals surface area contributed by atoms with Crippen LogP contribution in [0.15, 0.2) is 53.4 Å². The summed E-state index contributed by atoms with van der Waals surface area (Å²) in [6.45, 7) is 7.50. The highest BCUT2D eigenvalue weighted by Gasteiger charge is 2.34. The summed E-state index contributed by atoms with van der Waals surface area (Å²) < 4.78 is 35.4. The molecular formula is C28H29N3O6S. The van der Waals surface area contributed by atoms with Crippen molar-refractivity contribution in [3.63, 3.8) is 0 Å². The summed E-state index contributed by atoms with van der Waals surface area (Å²) in [7, 11) is -3.73. The fourth-order valence-electron chi connectivity index (χ4n) is 5.13. The van der Waals surface area contributed by atoms with Crippen LogP contribution < -0.4 is 4.90 Å². The standard InChI is InChI=1S/C28H29N3O6S/c1-4-30-26-10-9-23(38(35,36)29-11-13-37-14-12-29)17-24(26)25(27(30)32)16-21-15-18(2)31(19(21)3)22-7-5-20(6-8-22)28(33)34/h5-10,15-17H,4,11-14H2,1-3H3,(H,33,34). The number of carbonyl (C=O) groups is 2. The Hall–Kier alpha value is -3.73. The van der Waals surface area contributed by atoms with Crippen molar-refractivity contribution in [2.45, 2.75) is 25.7 Å². The highest BCUT2D eigenvalue weighted by molar-refractivity contribution is 7.89. The molecule has 0 atom stereocenters. The van der Waals surface area contributed by atoms with Crippen molar-refractivity contribution in [3.05, 3.63) is 76.6 Å². The Bertz CT molecular complexity index is 1560. The molecule has 9 nitrogen and oxygen atoms in total. The van der Waals surface area contributed by atoms with Gasteiger partial charge in [-0.15, -0.1) is 0 Å². The van der Waals surface area contributed by atoms with E-state index in [1.54, 1.807) is 47.4 Å². The Morgan fingerprint density at radius 1 is 1.05 bits per heavy atom. The molecule has 3 heterocycles. The zero-order chi connectivity index (χ0) is 27.2. The number of nitrogens with zero attached hydrogens (tertiary/aromatic N) is 3. The van der Waals surface area contributed by atoms with E-state index in [0.29, 0.717) is 49.7 Å². The smallest absolute Gasteiger partial charge is 0.335 e. The van der Waals surface area contributed by atoms with E-state index in [4.69, 9.17) is 4.74 Å². The molecule has 0 radical (unpaired) electrons. The number of ether oxygens (including phenoxy) is 1. The molecule has 1 saturated heterocycles. The summed E-state index contributed by atoms with van der Waals surface area (Å²) >= 11 is 0. The molecule has 10 heteroatoms. The molecule has 0 spiro atoms. The molecule has 198 valence electrons. The minimum absolute atomic E-state index is 0.152. The van der Waals surface area contributed by atoms with Crippen LogP contribution >= 0.6 is 0 Å². The second-order valence-electron chi connectivity index (χ2n) is 9.32. The Kier molecular flexibility index (Phi) is 6.72. The maximum absolute atomic E-state index is 13.5. The first-order valence-electron chi connectivity index (χ1n) is 12.4. The van der Waals surface area contributed by atoms with Gasteiger partial charge in [-0.3, -0.25) is 4.79 Å². The Morgan fingerprint density at radius 3 is 2.37 bits per heavy atom. The van der Waals surface area contributed by atoms with Gasteiger partial charge in [0, 0.05) is 47.8 Å². The SMILES string of the molecule is CCN1C(=O)C(=Cc2cc(C)n(-c3ccc(C(=O)O)cc3)c2C)c2cc(S(=O)(=O)N3CCOCC3)ccc21. The van der Waals surface area contributed by atoms with E-state index in [1.165, 1.54) is 4.31 Å². The van der Waals surface area contributed by atoms with E-state index in [-0.39, 0.29) is 16.4 Å². The number of anilines is 1. The minimum Gasteiger partial charge on any atom is -0.478 e. The summed E-state index contributed by atoms with van der Waals surface area (Å²) in [6.07, 6.45) is 1.81. The molecule has 0 unspecified atom stereocenters. The molecule has 0 saturated carbocycles. The molecule has 38 heavy (non-hydrogen) atoms. The van der Waals surface area contributed by atoms with Crippen LogP contribution in [0.3, 0.4) is 0 Å². The lowest BCUT2D eigenvalue weighted by Crippen LogP contribution is -2.40. The quantitative estimate of drug-likeness (QED) is 0.482. The second-order valence-corrected chi connectivity index (χ2v) is 11.3. The molecule has 1 N–H and O–H groups in total. The van der Waals surface area contributed by atoms with E-state index < -0.39 is 16.0 Å². The maximum Gasteiger partial charge on any atom is 0.335 e. The van der Waals surface area contributed by atoms with E-state index in [9.17, 15) is 23.1 Å². The molecule has 0 aliphatic carbocycles. The summed E-state index contributed by atoms with van der Waals surface area (Å²) in [5.74, 6) is -1.17. The lowest BCUT2D eigenvalue weighted by molar-refractivity contribution is -0.112. The Balaban J connectivity index is 1.58. The van der Waals surface area contributed by atoms with Crippen molar-refractivity contribution in [3.8, 4) is 5.69 Å². The monoisotopic (exact) mass is 535 g/mol. The van der Waals surface area contributed by atoms with Gasteiger partial charge in [0.05, 0.1) is 29.4 Å². The van der Waals surface area contributed by atoms with Crippen LogP contribution in [0.4, 0.5) is 5.69 Å². The third kappa shape index (κ3) is 4.34. The predicted octanol–water partition coefficient (Wildman–Crippen LogP) is 3.72. The number of carboxylic acid groups (broad SMARTS) is 1. The summed E-state index contributed by atoms with van der Waals surface area (Å²) in [5.41, 5.74) is 5.32. The third-order valence-electron chi connectivity index (χ3n) is 7.09. The van der Waals surface area contributed by atoms with Gasteiger partial charge in [-0.25, -0.2) is 13.2 Å². The van der Waals surface area contributed by atoms with Crippen LogP contribution in [0.25, 0.3) is 17.3 Å². The Morgan fingerprint density at radius 2 is 1.74 bits per heavy atom. The average molecular weight is 536 g/mol. The van der Waals surface area contributed by atoms with Crippen molar-refractivity contribution in [1.29, 1.82) is 0 Å². The number of aryl methyl sites for hydroxylation is 1. The van der Waals surface area contributed by atoms with Crippen LogP contribution in [0.1, 0.15) is 39.8 Å². The number of aromatic carboxylic acids is 1. The normalized spacial score (nSPS) is 17.3. The number of carboxylic acids is 1. The molecule has 1 fully saturated rings. The number of hydrogen-bond donors (Lipinski definition) is 1. The zero-order valence-corrected chi connectivity index (χ0v) is 22.3. The van der Waals surface area contributed by atoms with Crippen molar-refractivity contribution < 1.29 is 27.9 Å². The number of rotatable bonds is 6. The van der Waals surface area contributed by atoms with Crippen molar-refractivity contribution in [2.75, 3.05) is 37.7 Å². The van der Waals surface area contributed by atoms with Crippen LogP contribution in [0.2, 0.25) is 0 Å². The third-order valence-corrected chi connectivity index (χ3v) is 8.99. The number of sulfonamides is 1. The second kappa shape index (κ2) is 9.86. The number of aromatic nitrogens is 1. The highest BCUT2D eigenvalue weighted by Crippen LogP contribution is 2.40. The first-order chi connectivity index (χ1) is 18.1. The van der Waals surface area contributed by atoms with Gasteiger partial charge in [-0.1, -0.05) is 0 Å². The predicted molar refractivity (Wildman–Crippen MR) is 144 cm³/mol. The van der Waals surface area contributed by atoms with Gasteiger partial charge < -0.3 is 19.3 Å². The van der Waals surface area contributed by atoms with Crippen LogP contribution in [0, 0.1) is 13.8 Å². The molecule has 0 bridgehead atoms. The number of fused-ring (bicyclic) bond motifs is 1. The van der Waals surface area contributed by atoms with Crippen LogP contribution in [-0.2, 0) is 19.6 Å². The average Bonchev–Trinajstić information content (AvgIpc) is 3.35. The lowest BCUT2D eigenvalue weighted by Gasteiger charge is -2.26. The van der Waals surface area contributed by atoms with E-state index in [2.05, 4.69) is 0 Å². The fraction of sp³-hybridized carbons (Fsp3) is 0.286. The van der Waals surface area contributed by atoms with Gasteiger partial charge in [0.25, 0.3) is 5.91 Å². The van der Waals surface area contributed by atoms with Gasteiger partial charge in [0.2, 0.25) is 10.0 Å². The molecule has 3 aromatic rings. The number of benzene rings is 2. The van der Waals surface area contributed by atoms with E-state index >= 15 is 0 Å². The molecule has 2 aliphatic heterocycles. The van der Waals surface area contributed by atoms with Crippen LogP contribution in [-0.4, -0.2) is 67.1 Å². The summed E-state index contributed by atoms with van der Waals surface area (Å²) in [5, 5.41) is 9.21. The fourth-order valence-corrected chi connectivity index (χ4v) is 6.56. The van der Waals surface area contributed by atoms with Gasteiger partial charge in [0.15, 0.2) is 0 Å². The van der Waals surface area contributed by atoms with Gasteiger partial charge in [-0.05, 0) is 80.9 Å². The van der Waals surface area contributed by atoms with Crippen molar-refractivity contribution in [1.82, 2.24) is 8.87 Å². The number of amides is 1.